The molecule has 4 rings (SSSR count). The van der Waals surface area contributed by atoms with Gasteiger partial charge in [-0.2, -0.15) is 4.98 Å². The van der Waals surface area contributed by atoms with Gasteiger partial charge in [0, 0.05) is 50.1 Å². The van der Waals surface area contributed by atoms with Crippen LogP contribution in [0.25, 0.3) is 6.08 Å². The lowest BCUT2D eigenvalue weighted by molar-refractivity contribution is 0.0614. The van der Waals surface area contributed by atoms with Crippen molar-refractivity contribution in [3.63, 3.8) is 0 Å². The summed E-state index contributed by atoms with van der Waals surface area (Å²) in [6.07, 6.45) is 8.25. The topological polar surface area (TPSA) is 128 Å². The first kappa shape index (κ1) is 29.3. The highest BCUT2D eigenvalue weighted by molar-refractivity contribution is 5.95. The number of nitrogens with two attached hydrogens (primary N) is 1. The minimum atomic E-state index is -0.0341. The Bertz CT molecular complexity index is 1210. The van der Waals surface area contributed by atoms with Crippen LogP contribution >= 0.6 is 0 Å². The number of aromatic nitrogens is 2. The number of piperazine rings is 1. The monoisotopic (exact) mass is 551 g/mol. The number of rotatable bonds is 12. The van der Waals surface area contributed by atoms with Gasteiger partial charge in [0.2, 0.25) is 5.95 Å². The van der Waals surface area contributed by atoms with E-state index in [1.807, 2.05) is 28.2 Å². The quantitative estimate of drug-likeness (QED) is 0.380. The minimum Gasteiger partial charge on any atom is -0.496 e. The van der Waals surface area contributed by atoms with Crippen molar-refractivity contribution in [2.75, 3.05) is 57.2 Å². The molecule has 0 aliphatic carbocycles. The smallest absolute Gasteiger partial charge is 0.254 e. The van der Waals surface area contributed by atoms with E-state index in [2.05, 4.69) is 33.7 Å². The Morgan fingerprint density at radius 3 is 2.50 bits per heavy atom. The summed E-state index contributed by atoms with van der Waals surface area (Å²) in [6.45, 7) is 8.19. The van der Waals surface area contributed by atoms with Crippen LogP contribution in [0.15, 0.2) is 24.4 Å². The van der Waals surface area contributed by atoms with E-state index >= 15 is 0 Å². The largest absolute Gasteiger partial charge is 0.496 e. The summed E-state index contributed by atoms with van der Waals surface area (Å²) in [6, 6.07) is 5.66. The number of carbonyl (C=O) groups excluding carboxylic acids is 2. The predicted molar refractivity (Wildman–Crippen MR) is 155 cm³/mol. The molecule has 0 atom stereocenters. The van der Waals surface area contributed by atoms with E-state index in [-0.39, 0.29) is 24.5 Å². The van der Waals surface area contributed by atoms with Crippen molar-refractivity contribution in [2.24, 2.45) is 0 Å². The van der Waals surface area contributed by atoms with Gasteiger partial charge in [0.15, 0.2) is 12.1 Å². The number of aliphatic hydroxyl groups is 1. The van der Waals surface area contributed by atoms with Crippen LogP contribution in [0.4, 0.5) is 11.8 Å². The lowest BCUT2D eigenvalue weighted by Gasteiger charge is -2.41. The van der Waals surface area contributed by atoms with Crippen LogP contribution in [-0.4, -0.2) is 94.6 Å². The molecule has 0 unspecified atom stereocenters. The Balaban J connectivity index is 1.63. The van der Waals surface area contributed by atoms with E-state index in [9.17, 15) is 14.7 Å². The normalized spacial score (nSPS) is 15.5. The molecule has 0 spiro atoms. The summed E-state index contributed by atoms with van der Waals surface area (Å²) < 4.78 is 5.77. The number of carbonyl (C=O) groups is 2. The number of β-amino-alcohol motifs (C(OH)–C–C–N with tert-alkyl or cyclic N) is 1. The highest BCUT2D eigenvalue weighted by atomic mass is 16.5. The molecule has 11 nitrogen and oxygen atoms in total. The summed E-state index contributed by atoms with van der Waals surface area (Å²) in [5.74, 6) is 1.20. The molecule has 2 bridgehead atoms. The van der Waals surface area contributed by atoms with E-state index in [4.69, 9.17) is 10.5 Å². The van der Waals surface area contributed by atoms with Crippen molar-refractivity contribution in [1.82, 2.24) is 24.8 Å². The molecule has 1 saturated heterocycles. The van der Waals surface area contributed by atoms with Crippen LogP contribution in [0.2, 0.25) is 0 Å². The van der Waals surface area contributed by atoms with Gasteiger partial charge in [-0.3, -0.25) is 24.5 Å². The Labute approximate surface area is 236 Å². The van der Waals surface area contributed by atoms with E-state index < -0.39 is 0 Å². The van der Waals surface area contributed by atoms with Gasteiger partial charge in [-0.1, -0.05) is 32.8 Å². The SMILES string of the molecule is CCCC(CCC)N1c2nc(N)nc(c2C=O)C=CN1Cc1ccc(C(=O)N2CCN(CCO)CC2)cc1OC. The molecule has 3 N–H and O–H groups in total. The van der Waals surface area contributed by atoms with Crippen LogP contribution in [0.3, 0.4) is 0 Å². The zero-order valence-electron chi connectivity index (χ0n) is 23.8. The summed E-state index contributed by atoms with van der Waals surface area (Å²) in [7, 11) is 1.60. The number of methoxy groups -OCH3 is 1. The van der Waals surface area contributed by atoms with Gasteiger partial charge in [0.05, 0.1) is 37.6 Å². The number of hydrogen-bond donors (Lipinski definition) is 2. The average molecular weight is 552 g/mol. The van der Waals surface area contributed by atoms with Crippen LogP contribution in [0.5, 0.6) is 5.75 Å². The number of aliphatic hydroxyl groups excluding tert-OH is 1. The van der Waals surface area contributed by atoms with Crippen LogP contribution in [0.1, 0.15) is 71.5 Å². The molecule has 3 heterocycles. The number of benzene rings is 1. The number of fused-ring (bicyclic) bond motifs is 2. The molecule has 1 amide bonds. The second-order valence-electron chi connectivity index (χ2n) is 10.2. The van der Waals surface area contributed by atoms with E-state index in [0.717, 1.165) is 50.6 Å². The third-order valence-corrected chi connectivity index (χ3v) is 7.52. The average Bonchev–Trinajstić information content (AvgIpc) is 3.04. The molecule has 1 aromatic carbocycles. The van der Waals surface area contributed by atoms with Gasteiger partial charge in [-0.25, -0.2) is 4.98 Å². The molecule has 216 valence electrons. The molecule has 1 fully saturated rings. The highest BCUT2D eigenvalue weighted by Gasteiger charge is 2.31. The second kappa shape index (κ2) is 13.6. The van der Waals surface area contributed by atoms with Crippen LogP contribution < -0.4 is 15.5 Å². The number of nitrogen functional groups attached to an aromatic ring is 1. The molecular weight excluding hydrogens is 510 g/mol. The van der Waals surface area contributed by atoms with Crippen molar-refractivity contribution in [3.8, 4) is 5.75 Å². The maximum Gasteiger partial charge on any atom is 0.254 e. The molecule has 11 heteroatoms. The summed E-state index contributed by atoms with van der Waals surface area (Å²) in [4.78, 5) is 38.3. The summed E-state index contributed by atoms with van der Waals surface area (Å²) in [5, 5.41) is 13.3. The van der Waals surface area contributed by atoms with Gasteiger partial charge in [-0.05, 0) is 31.1 Å². The van der Waals surface area contributed by atoms with Crippen molar-refractivity contribution in [2.45, 2.75) is 52.1 Å². The van der Waals surface area contributed by atoms with Crippen molar-refractivity contribution < 1.29 is 19.4 Å². The van der Waals surface area contributed by atoms with E-state index in [1.54, 1.807) is 19.3 Å². The van der Waals surface area contributed by atoms with Gasteiger partial charge in [0.25, 0.3) is 5.91 Å². The van der Waals surface area contributed by atoms with E-state index in [1.165, 1.54) is 0 Å². The number of anilines is 2. The number of nitrogens with zero attached hydrogens (tertiary/aromatic N) is 6. The fourth-order valence-electron chi connectivity index (χ4n) is 5.51. The Kier molecular flexibility index (Phi) is 9.94. The zero-order chi connectivity index (χ0) is 28.6. The van der Waals surface area contributed by atoms with Crippen LogP contribution in [-0.2, 0) is 6.54 Å². The maximum absolute atomic E-state index is 13.3. The number of hydrazine groups is 1. The molecule has 40 heavy (non-hydrogen) atoms. The second-order valence-corrected chi connectivity index (χ2v) is 10.2. The zero-order valence-corrected chi connectivity index (χ0v) is 23.8. The fraction of sp³-hybridized carbons (Fsp3) is 0.517. The minimum absolute atomic E-state index is 0.0341. The maximum atomic E-state index is 13.3. The molecular formula is C29H41N7O4. The van der Waals surface area contributed by atoms with Crippen LogP contribution in [0, 0.1) is 0 Å². The summed E-state index contributed by atoms with van der Waals surface area (Å²) >= 11 is 0. The molecule has 2 aromatic rings. The van der Waals surface area contributed by atoms with Gasteiger partial charge in [0.1, 0.15) is 5.75 Å². The molecule has 0 saturated carbocycles. The first-order valence-electron chi connectivity index (χ1n) is 14.1. The Hall–Kier alpha value is -3.70. The third kappa shape index (κ3) is 6.37. The number of amides is 1. The first-order chi connectivity index (χ1) is 19.4. The van der Waals surface area contributed by atoms with Crippen molar-refractivity contribution >= 4 is 30.0 Å². The molecule has 0 radical (unpaired) electrons. The Morgan fingerprint density at radius 2 is 1.88 bits per heavy atom. The number of aldehydes is 1. The van der Waals surface area contributed by atoms with E-state index in [0.29, 0.717) is 54.6 Å². The lowest BCUT2D eigenvalue weighted by atomic mass is 10.0. The first-order valence-corrected chi connectivity index (χ1v) is 14.1. The predicted octanol–water partition coefficient (Wildman–Crippen LogP) is 2.81. The molecule has 2 aliphatic heterocycles. The molecule has 2 aliphatic rings. The van der Waals surface area contributed by atoms with Gasteiger partial charge >= 0.3 is 0 Å². The third-order valence-electron chi connectivity index (χ3n) is 7.52. The Morgan fingerprint density at radius 1 is 1.15 bits per heavy atom. The van der Waals surface area contributed by atoms with Gasteiger partial charge in [-0.15, -0.1) is 0 Å². The molecule has 1 aromatic heterocycles. The summed E-state index contributed by atoms with van der Waals surface area (Å²) in [5.41, 5.74) is 8.42. The van der Waals surface area contributed by atoms with Crippen molar-refractivity contribution in [3.05, 3.63) is 46.8 Å². The van der Waals surface area contributed by atoms with Crippen molar-refractivity contribution in [1.29, 1.82) is 0 Å². The standard InChI is InChI=1S/C29H41N7O4/c1-4-6-23(7-5-2)36-27-24(20-38)25(31-29(30)32-27)10-11-35(36)19-22-9-8-21(18-26(22)40-3)28(39)34-14-12-33(13-15-34)16-17-37/h8-11,18,20,23,37H,4-7,12-17,19H2,1-3H3,(H2,30,31,32). The number of hydrogen-bond acceptors (Lipinski definition) is 10. The van der Waals surface area contributed by atoms with Gasteiger partial charge < -0.3 is 20.5 Å². The fourth-order valence-corrected chi connectivity index (χ4v) is 5.51. The number of ether oxygens (including phenoxy) is 1. The lowest BCUT2D eigenvalue weighted by Crippen LogP contribution is -2.49. The highest BCUT2D eigenvalue weighted by Crippen LogP contribution is 2.33.